The smallest absolute Gasteiger partial charge is 0.308 e. The van der Waals surface area contributed by atoms with Gasteiger partial charge in [-0.15, -0.1) is 0 Å². The van der Waals surface area contributed by atoms with Gasteiger partial charge in [0.25, 0.3) is 5.91 Å². The molecule has 3 N–H and O–H groups in total. The van der Waals surface area contributed by atoms with Crippen LogP contribution in [0.1, 0.15) is 6.42 Å². The Bertz CT molecular complexity index is 252. The zero-order valence-electron chi connectivity index (χ0n) is 8.68. The zero-order chi connectivity index (χ0) is 11.4. The largest absolute Gasteiger partial charge is 0.481 e. The van der Waals surface area contributed by atoms with Crippen LogP contribution in [-0.2, 0) is 14.3 Å². The Morgan fingerprint density at radius 2 is 2.33 bits per heavy atom. The number of nitrogens with two attached hydrogens (primary N) is 1. The number of ether oxygens (including phenoxy) is 1. The van der Waals surface area contributed by atoms with Crippen LogP contribution < -0.4 is 5.73 Å². The van der Waals surface area contributed by atoms with Gasteiger partial charge in [-0.2, -0.15) is 0 Å². The van der Waals surface area contributed by atoms with Crippen molar-refractivity contribution >= 4 is 11.9 Å². The summed E-state index contributed by atoms with van der Waals surface area (Å²) >= 11 is 0. The molecule has 6 heteroatoms. The normalized spacial score (nSPS) is 22.8. The molecule has 2 atom stereocenters. The van der Waals surface area contributed by atoms with Gasteiger partial charge in [0, 0.05) is 26.7 Å². The Hall–Kier alpha value is -1.14. The topological polar surface area (TPSA) is 92.9 Å². The number of hydrogen-bond donors (Lipinski definition) is 2. The first-order valence-electron chi connectivity index (χ1n) is 4.84. The van der Waals surface area contributed by atoms with Gasteiger partial charge in [-0.25, -0.2) is 0 Å². The molecule has 0 radical (unpaired) electrons. The maximum atomic E-state index is 11.7. The number of likely N-dealkylation sites (tertiary alicyclic amines) is 1. The van der Waals surface area contributed by atoms with Crippen LogP contribution in [0.3, 0.4) is 0 Å². The van der Waals surface area contributed by atoms with Gasteiger partial charge >= 0.3 is 5.97 Å². The molecule has 0 spiro atoms. The fourth-order valence-corrected chi connectivity index (χ4v) is 1.66. The highest BCUT2D eigenvalue weighted by Gasteiger charge is 2.33. The summed E-state index contributed by atoms with van der Waals surface area (Å²) in [5.74, 6) is -1.53. The van der Waals surface area contributed by atoms with Gasteiger partial charge < -0.3 is 20.5 Å². The number of nitrogens with zero attached hydrogens (tertiary/aromatic N) is 1. The molecule has 1 aliphatic heterocycles. The molecule has 0 saturated carbocycles. The Morgan fingerprint density at radius 3 is 2.73 bits per heavy atom. The quantitative estimate of drug-likeness (QED) is 0.621. The van der Waals surface area contributed by atoms with Gasteiger partial charge in [-0.1, -0.05) is 0 Å². The third kappa shape index (κ3) is 2.66. The number of rotatable bonds is 4. The molecule has 0 aromatic rings. The molecular formula is C9H16N2O4. The van der Waals surface area contributed by atoms with Crippen LogP contribution in [0.4, 0.5) is 0 Å². The highest BCUT2D eigenvalue weighted by molar-refractivity contribution is 5.82. The first-order valence-corrected chi connectivity index (χ1v) is 4.84. The predicted molar refractivity (Wildman–Crippen MR) is 52.2 cm³/mol. The van der Waals surface area contributed by atoms with E-state index >= 15 is 0 Å². The van der Waals surface area contributed by atoms with Crippen LogP contribution in [0.2, 0.25) is 0 Å². The number of amides is 1. The standard InChI is InChI=1S/C9H16N2O4/c1-15-7(4-10)8(12)11-3-2-6(5-11)9(13)14/h6-7H,2-5,10H2,1H3,(H,13,14). The number of carboxylic acid groups (broad SMARTS) is 1. The van der Waals surface area contributed by atoms with Crippen LogP contribution in [0.5, 0.6) is 0 Å². The van der Waals surface area contributed by atoms with E-state index in [-0.39, 0.29) is 19.0 Å². The van der Waals surface area contributed by atoms with E-state index in [1.54, 1.807) is 0 Å². The van der Waals surface area contributed by atoms with E-state index in [1.807, 2.05) is 0 Å². The molecule has 0 bridgehead atoms. The molecule has 6 nitrogen and oxygen atoms in total. The Morgan fingerprint density at radius 1 is 1.67 bits per heavy atom. The average molecular weight is 216 g/mol. The van der Waals surface area contributed by atoms with E-state index < -0.39 is 18.0 Å². The lowest BCUT2D eigenvalue weighted by Gasteiger charge is -2.21. The number of carbonyl (C=O) groups is 2. The number of methoxy groups -OCH3 is 1. The summed E-state index contributed by atoms with van der Waals surface area (Å²) in [5, 5.41) is 8.77. The van der Waals surface area contributed by atoms with Crippen molar-refractivity contribution in [3.8, 4) is 0 Å². The van der Waals surface area contributed by atoms with E-state index in [9.17, 15) is 9.59 Å². The van der Waals surface area contributed by atoms with Gasteiger partial charge in [0.1, 0.15) is 6.10 Å². The third-order valence-corrected chi connectivity index (χ3v) is 2.62. The predicted octanol–water partition coefficient (Wildman–Crippen LogP) is -1.11. The van der Waals surface area contributed by atoms with Crippen molar-refractivity contribution < 1.29 is 19.4 Å². The van der Waals surface area contributed by atoms with Crippen LogP contribution >= 0.6 is 0 Å². The fourth-order valence-electron chi connectivity index (χ4n) is 1.66. The van der Waals surface area contributed by atoms with E-state index in [4.69, 9.17) is 15.6 Å². The van der Waals surface area contributed by atoms with Crippen molar-refractivity contribution in [1.29, 1.82) is 0 Å². The maximum absolute atomic E-state index is 11.7. The molecule has 1 saturated heterocycles. The molecule has 1 rings (SSSR count). The molecule has 1 heterocycles. The molecule has 2 unspecified atom stereocenters. The van der Waals surface area contributed by atoms with E-state index in [0.29, 0.717) is 13.0 Å². The van der Waals surface area contributed by atoms with Crippen LogP contribution in [0, 0.1) is 5.92 Å². The lowest BCUT2D eigenvalue weighted by atomic mass is 10.1. The minimum absolute atomic E-state index is 0.115. The van der Waals surface area contributed by atoms with Crippen molar-refractivity contribution in [1.82, 2.24) is 4.90 Å². The molecular weight excluding hydrogens is 200 g/mol. The summed E-state index contributed by atoms with van der Waals surface area (Å²) < 4.78 is 4.91. The molecule has 1 amide bonds. The Balaban J connectivity index is 2.53. The van der Waals surface area contributed by atoms with Crippen molar-refractivity contribution in [3.63, 3.8) is 0 Å². The summed E-state index contributed by atoms with van der Waals surface area (Å²) in [7, 11) is 1.42. The lowest BCUT2D eigenvalue weighted by Crippen LogP contribution is -2.42. The molecule has 1 aliphatic rings. The first-order chi connectivity index (χ1) is 7.10. The van der Waals surface area contributed by atoms with Crippen molar-refractivity contribution in [3.05, 3.63) is 0 Å². The number of aliphatic carboxylic acids is 1. The van der Waals surface area contributed by atoms with Gasteiger partial charge in [0.05, 0.1) is 5.92 Å². The van der Waals surface area contributed by atoms with Gasteiger partial charge in [0.15, 0.2) is 0 Å². The number of hydrogen-bond acceptors (Lipinski definition) is 4. The molecule has 0 aliphatic carbocycles. The molecule has 1 fully saturated rings. The third-order valence-electron chi connectivity index (χ3n) is 2.62. The van der Waals surface area contributed by atoms with Gasteiger partial charge in [-0.05, 0) is 6.42 Å². The highest BCUT2D eigenvalue weighted by atomic mass is 16.5. The molecule has 0 aromatic heterocycles. The van der Waals surface area contributed by atoms with Crippen molar-refractivity contribution in [2.75, 3.05) is 26.7 Å². The second-order valence-corrected chi connectivity index (χ2v) is 3.57. The molecule has 15 heavy (non-hydrogen) atoms. The monoisotopic (exact) mass is 216 g/mol. The van der Waals surface area contributed by atoms with Gasteiger partial charge in [0.2, 0.25) is 0 Å². The van der Waals surface area contributed by atoms with Crippen LogP contribution in [0.15, 0.2) is 0 Å². The van der Waals surface area contributed by atoms with E-state index in [2.05, 4.69) is 0 Å². The Labute approximate surface area is 88.0 Å². The summed E-state index contributed by atoms with van der Waals surface area (Å²) in [5.41, 5.74) is 5.36. The summed E-state index contributed by atoms with van der Waals surface area (Å²) in [6.07, 6.45) is -0.153. The Kier molecular flexibility index (Phi) is 4.05. The second-order valence-electron chi connectivity index (χ2n) is 3.57. The van der Waals surface area contributed by atoms with E-state index in [0.717, 1.165) is 0 Å². The SMILES string of the molecule is COC(CN)C(=O)N1CCC(C(=O)O)C1. The highest BCUT2D eigenvalue weighted by Crippen LogP contribution is 2.17. The fraction of sp³-hybridized carbons (Fsp3) is 0.778. The number of carbonyl (C=O) groups excluding carboxylic acids is 1. The zero-order valence-corrected chi connectivity index (χ0v) is 8.68. The van der Waals surface area contributed by atoms with Crippen LogP contribution in [0.25, 0.3) is 0 Å². The number of carboxylic acids is 1. The van der Waals surface area contributed by atoms with E-state index in [1.165, 1.54) is 12.0 Å². The minimum atomic E-state index is -0.855. The summed E-state index contributed by atoms with van der Waals surface area (Å²) in [6.45, 7) is 0.841. The average Bonchev–Trinajstić information content (AvgIpc) is 2.68. The van der Waals surface area contributed by atoms with Gasteiger partial charge in [-0.3, -0.25) is 9.59 Å². The molecule has 86 valence electrons. The minimum Gasteiger partial charge on any atom is -0.481 e. The van der Waals surface area contributed by atoms with Crippen molar-refractivity contribution in [2.45, 2.75) is 12.5 Å². The maximum Gasteiger partial charge on any atom is 0.308 e. The summed E-state index contributed by atoms with van der Waals surface area (Å²) in [4.78, 5) is 23.9. The van der Waals surface area contributed by atoms with Crippen LogP contribution in [-0.4, -0.2) is 54.7 Å². The molecule has 0 aromatic carbocycles. The van der Waals surface area contributed by atoms with Crippen molar-refractivity contribution in [2.24, 2.45) is 11.7 Å². The first kappa shape index (κ1) is 11.9. The lowest BCUT2D eigenvalue weighted by molar-refractivity contribution is -0.143. The second kappa shape index (κ2) is 5.09. The summed E-state index contributed by atoms with van der Waals surface area (Å²) in [6, 6.07) is 0.